The molecule has 0 saturated heterocycles. The van der Waals surface area contributed by atoms with Gasteiger partial charge in [-0.25, -0.2) is 15.3 Å². The van der Waals surface area contributed by atoms with Crippen molar-refractivity contribution in [3.05, 3.63) is 0 Å². The molecule has 7 heteroatoms. The maximum Gasteiger partial charge on any atom is 0.309 e. The molecule has 0 heterocycles. The Balaban J connectivity index is 0. The van der Waals surface area contributed by atoms with Crippen LogP contribution in [0.4, 0.5) is 4.79 Å². The summed E-state index contributed by atoms with van der Waals surface area (Å²) in [5.41, 5.74) is 8.50. The summed E-state index contributed by atoms with van der Waals surface area (Å²) in [6.45, 7) is 0. The first kappa shape index (κ1) is 10.2. The summed E-state index contributed by atoms with van der Waals surface area (Å²) in [6, 6.07) is -0.833. The molecule has 0 aromatic carbocycles. The molecule has 8 heavy (non-hydrogen) atoms. The van der Waals surface area contributed by atoms with Crippen LogP contribution >= 0.6 is 0 Å². The van der Waals surface area contributed by atoms with Crippen LogP contribution in [0.3, 0.4) is 0 Å². The number of carbonyl (C=O) groups excluding carboxylic acids is 1. The molecule has 0 saturated carbocycles. The van der Waals surface area contributed by atoms with Gasteiger partial charge in [0.25, 0.3) is 0 Å². The Morgan fingerprint density at radius 3 is 1.38 bits per heavy atom. The highest BCUT2D eigenvalue weighted by molar-refractivity contribution is 5.69. The largest absolute Gasteiger partial charge is 0.352 e. The third-order valence-corrected chi connectivity index (χ3v) is 0.0333. The number of nitrogens with two attached hydrogens (primary N) is 2. The molecule has 2 amide bonds. The monoisotopic (exact) mass is 126 g/mol. The maximum atomic E-state index is 9.00. The van der Waals surface area contributed by atoms with Crippen LogP contribution in [0.25, 0.3) is 0 Å². The Labute approximate surface area is 44.2 Å². The van der Waals surface area contributed by atoms with E-state index in [0.29, 0.717) is 0 Å². The summed E-state index contributed by atoms with van der Waals surface area (Å²) in [6.07, 6.45) is 0. The van der Waals surface area contributed by atoms with Gasteiger partial charge in [-0.15, -0.1) is 0 Å². The van der Waals surface area contributed by atoms with Crippen LogP contribution in [0.15, 0.2) is 0 Å². The van der Waals surface area contributed by atoms with Crippen LogP contribution < -0.4 is 11.5 Å². The normalized spacial score (nSPS) is 6.75. The van der Waals surface area contributed by atoms with Crippen LogP contribution in [0.5, 0.6) is 0 Å². The minimum Gasteiger partial charge on any atom is -0.352 e. The van der Waals surface area contributed by atoms with E-state index in [2.05, 4.69) is 21.5 Å². The van der Waals surface area contributed by atoms with E-state index in [9.17, 15) is 0 Å². The molecule has 0 spiro atoms. The van der Waals surface area contributed by atoms with Gasteiger partial charge in [-0.3, -0.25) is 0 Å². The predicted molar refractivity (Wildman–Crippen MR) is 21.2 cm³/mol. The van der Waals surface area contributed by atoms with Gasteiger partial charge in [0.15, 0.2) is 0 Å². The first-order valence-electron chi connectivity index (χ1n) is 1.31. The van der Waals surface area contributed by atoms with E-state index in [1.54, 1.807) is 0 Å². The lowest BCUT2D eigenvalue weighted by atomic mass is 11.2. The van der Waals surface area contributed by atoms with Crippen molar-refractivity contribution in [2.24, 2.45) is 11.5 Å². The first-order chi connectivity index (χ1) is 3.65. The fourth-order valence-corrected chi connectivity index (χ4v) is 0. The third kappa shape index (κ3) is 7130. The quantitative estimate of drug-likeness (QED) is 0.262. The predicted octanol–water partition coefficient (Wildman–Crippen LogP) is -1.10. The Hall–Kier alpha value is -0.890. The average Bonchev–Trinajstić information content (AvgIpc) is 1.65. The molecule has 0 bridgehead atoms. The third-order valence-electron chi connectivity index (χ3n) is 0.0333. The second-order valence-corrected chi connectivity index (χ2v) is 0.551. The van der Waals surface area contributed by atoms with E-state index in [-0.39, 0.29) is 0 Å². The second-order valence-electron chi connectivity index (χ2n) is 0.551. The van der Waals surface area contributed by atoms with Gasteiger partial charge in [-0.2, -0.15) is 0 Å². The number of amides is 2. The zero-order valence-electron chi connectivity index (χ0n) is 3.77. The summed E-state index contributed by atoms with van der Waals surface area (Å²) in [4.78, 5) is 9.00. The van der Waals surface area contributed by atoms with E-state index in [4.69, 9.17) is 15.3 Å². The highest BCUT2D eigenvalue weighted by Crippen LogP contribution is 1.49. The van der Waals surface area contributed by atoms with Gasteiger partial charge in [-0.1, -0.05) is 0 Å². The van der Waals surface area contributed by atoms with Crippen LogP contribution in [0, 0.1) is 0 Å². The molecule has 0 radical (unpaired) electrons. The molecular formula is CH6N2O5. The van der Waals surface area contributed by atoms with E-state index in [0.717, 1.165) is 0 Å². The highest BCUT2D eigenvalue weighted by Gasteiger charge is 1.60. The fraction of sp³-hybridized carbons (Fsp3) is 0. The first-order valence-corrected chi connectivity index (χ1v) is 1.31. The van der Waals surface area contributed by atoms with Crippen LogP contribution in [0.2, 0.25) is 0 Å². The summed E-state index contributed by atoms with van der Waals surface area (Å²) < 4.78 is 0. The van der Waals surface area contributed by atoms with Gasteiger partial charge in [0, 0.05) is 0 Å². The number of hydrogen-bond donors (Lipinski definition) is 4. The molecule has 6 N–H and O–H groups in total. The molecule has 0 fully saturated rings. The van der Waals surface area contributed by atoms with Crippen LogP contribution in [-0.2, 0) is 10.1 Å². The smallest absolute Gasteiger partial charge is 0.309 e. The average molecular weight is 126 g/mol. The maximum absolute atomic E-state index is 9.00. The molecule has 50 valence electrons. The topological polar surface area (TPSA) is 128 Å². The zero-order chi connectivity index (χ0) is 6.99. The summed E-state index contributed by atoms with van der Waals surface area (Å²) in [5, 5.41) is 19.0. The summed E-state index contributed by atoms with van der Waals surface area (Å²) in [5.74, 6) is 0. The lowest BCUT2D eigenvalue weighted by Crippen LogP contribution is -2.18. The second kappa shape index (κ2) is 9.44. The number of urea groups is 1. The molecule has 0 aliphatic carbocycles. The van der Waals surface area contributed by atoms with Gasteiger partial charge < -0.3 is 11.5 Å². The molecule has 0 aromatic heterocycles. The minimum absolute atomic E-state index is 0.833. The zero-order valence-corrected chi connectivity index (χ0v) is 3.77. The van der Waals surface area contributed by atoms with Gasteiger partial charge in [0.2, 0.25) is 0 Å². The van der Waals surface area contributed by atoms with Crippen molar-refractivity contribution < 1.29 is 25.4 Å². The number of primary amides is 2. The van der Waals surface area contributed by atoms with Crippen molar-refractivity contribution in [3.63, 3.8) is 0 Å². The van der Waals surface area contributed by atoms with Gasteiger partial charge in [-0.05, 0) is 10.1 Å². The molecule has 0 atom stereocenters. The lowest BCUT2D eigenvalue weighted by molar-refractivity contribution is -0.611. The van der Waals surface area contributed by atoms with Crippen molar-refractivity contribution in [2.45, 2.75) is 0 Å². The molecule has 7 nitrogen and oxygen atoms in total. The van der Waals surface area contributed by atoms with E-state index < -0.39 is 6.03 Å². The Morgan fingerprint density at radius 2 is 1.38 bits per heavy atom. The minimum atomic E-state index is -0.833. The van der Waals surface area contributed by atoms with Crippen LogP contribution in [0.1, 0.15) is 0 Å². The highest BCUT2D eigenvalue weighted by atomic mass is 17.6. The van der Waals surface area contributed by atoms with Gasteiger partial charge in [0.05, 0.1) is 0 Å². The Bertz CT molecular complexity index is 48.4. The van der Waals surface area contributed by atoms with E-state index in [1.807, 2.05) is 0 Å². The van der Waals surface area contributed by atoms with Gasteiger partial charge in [0.1, 0.15) is 0 Å². The van der Waals surface area contributed by atoms with Crippen molar-refractivity contribution in [1.29, 1.82) is 0 Å². The lowest BCUT2D eigenvalue weighted by Gasteiger charge is -1.71. The summed E-state index contributed by atoms with van der Waals surface area (Å²) in [7, 11) is 0. The number of rotatable bonds is 1. The summed E-state index contributed by atoms with van der Waals surface area (Å²) >= 11 is 0. The SMILES string of the molecule is NC(N)=O.OOOO. The Kier molecular flexibility index (Phi) is 12.0. The molecular weight excluding hydrogens is 120 g/mol. The number of carbonyl (C=O) groups is 1. The van der Waals surface area contributed by atoms with Crippen molar-refractivity contribution in [3.8, 4) is 0 Å². The number of hydrogen-bond acceptors (Lipinski definition) is 5. The van der Waals surface area contributed by atoms with E-state index in [1.165, 1.54) is 0 Å². The van der Waals surface area contributed by atoms with Crippen molar-refractivity contribution in [1.82, 2.24) is 0 Å². The van der Waals surface area contributed by atoms with Crippen molar-refractivity contribution >= 4 is 6.03 Å². The molecule has 0 aromatic rings. The van der Waals surface area contributed by atoms with Gasteiger partial charge >= 0.3 is 6.03 Å². The van der Waals surface area contributed by atoms with Crippen molar-refractivity contribution in [2.75, 3.05) is 0 Å². The molecule has 0 aliphatic rings. The molecule has 0 aliphatic heterocycles. The molecule has 0 rings (SSSR count). The van der Waals surface area contributed by atoms with E-state index >= 15 is 0 Å². The molecule has 0 unspecified atom stereocenters. The fourth-order valence-electron chi connectivity index (χ4n) is 0. The Morgan fingerprint density at radius 1 is 1.25 bits per heavy atom. The van der Waals surface area contributed by atoms with Crippen LogP contribution in [-0.4, -0.2) is 16.5 Å². The standard InChI is InChI=1S/CH4N2O.H2O4/c2-1(3)4;1-3-4-2/h(H4,2,3,4);1-2H.